The summed E-state index contributed by atoms with van der Waals surface area (Å²) in [4.78, 5) is 12.0. The number of carbonyl (C=O) groups excluding carboxylic acids is 1. The Labute approximate surface area is 93.4 Å². The van der Waals surface area contributed by atoms with Gasteiger partial charge in [-0.3, -0.25) is 4.79 Å². The first-order valence-electron chi connectivity index (χ1n) is 6.19. The van der Waals surface area contributed by atoms with Gasteiger partial charge < -0.3 is 4.74 Å². The molecule has 0 heterocycles. The third-order valence-electron chi connectivity index (χ3n) is 3.54. The number of rotatable bonds is 5. The first-order valence-corrected chi connectivity index (χ1v) is 6.19. The summed E-state index contributed by atoms with van der Waals surface area (Å²) >= 11 is 0. The van der Waals surface area contributed by atoms with Crippen LogP contribution in [0.5, 0.6) is 0 Å². The average Bonchev–Trinajstić information content (AvgIpc) is 2.25. The molecule has 0 amide bonds. The van der Waals surface area contributed by atoms with Crippen molar-refractivity contribution in [1.29, 1.82) is 0 Å². The van der Waals surface area contributed by atoms with Gasteiger partial charge >= 0.3 is 0 Å². The topological polar surface area (TPSA) is 26.3 Å². The Kier molecular flexibility index (Phi) is 5.30. The van der Waals surface area contributed by atoms with Crippen LogP contribution < -0.4 is 0 Å². The van der Waals surface area contributed by atoms with Crippen molar-refractivity contribution >= 4 is 5.78 Å². The molecule has 2 atom stereocenters. The van der Waals surface area contributed by atoms with E-state index in [1.165, 1.54) is 19.3 Å². The van der Waals surface area contributed by atoms with Gasteiger partial charge in [-0.2, -0.15) is 0 Å². The van der Waals surface area contributed by atoms with E-state index >= 15 is 0 Å². The van der Waals surface area contributed by atoms with Gasteiger partial charge in [0.25, 0.3) is 0 Å². The smallest absolute Gasteiger partial charge is 0.138 e. The summed E-state index contributed by atoms with van der Waals surface area (Å²) in [7, 11) is 1.74. The fourth-order valence-electron chi connectivity index (χ4n) is 2.63. The minimum Gasteiger partial charge on any atom is -0.385 e. The number of methoxy groups -OCH3 is 1. The highest BCUT2D eigenvalue weighted by Gasteiger charge is 2.31. The Morgan fingerprint density at radius 2 is 2.00 bits per heavy atom. The summed E-state index contributed by atoms with van der Waals surface area (Å²) in [6.45, 7) is 4.83. The number of carbonyl (C=O) groups is 1. The van der Waals surface area contributed by atoms with Crippen molar-refractivity contribution in [3.05, 3.63) is 0 Å². The van der Waals surface area contributed by atoms with E-state index in [0.717, 1.165) is 19.4 Å². The van der Waals surface area contributed by atoms with Gasteiger partial charge in [0, 0.05) is 25.6 Å². The molecule has 0 N–H and O–H groups in total. The maximum absolute atomic E-state index is 12.0. The number of ether oxygens (including phenoxy) is 1. The van der Waals surface area contributed by atoms with Crippen LogP contribution in [0.2, 0.25) is 0 Å². The standard InChI is InChI=1S/C13H24O2/c1-10(2)13(14)12-7-5-4-6-11(12)8-9-15-3/h10-12H,4-9H2,1-3H3. The molecular formula is C13H24O2. The minimum absolute atomic E-state index is 0.193. The van der Waals surface area contributed by atoms with E-state index in [1.54, 1.807) is 7.11 Å². The summed E-state index contributed by atoms with van der Waals surface area (Å²) in [5.74, 6) is 1.55. The van der Waals surface area contributed by atoms with Crippen LogP contribution in [0.1, 0.15) is 46.0 Å². The molecule has 1 saturated carbocycles. The summed E-state index contributed by atoms with van der Waals surface area (Å²) in [6.07, 6.45) is 5.89. The van der Waals surface area contributed by atoms with E-state index in [9.17, 15) is 4.79 Å². The highest BCUT2D eigenvalue weighted by atomic mass is 16.5. The van der Waals surface area contributed by atoms with Crippen LogP contribution >= 0.6 is 0 Å². The first-order chi connectivity index (χ1) is 7.16. The first kappa shape index (κ1) is 12.7. The second-order valence-electron chi connectivity index (χ2n) is 4.99. The predicted octanol–water partition coefficient (Wildman–Crippen LogP) is 3.05. The molecule has 0 aromatic heterocycles. The van der Waals surface area contributed by atoms with Gasteiger partial charge in [0.1, 0.15) is 5.78 Å². The number of hydrogen-bond acceptors (Lipinski definition) is 2. The van der Waals surface area contributed by atoms with Crippen LogP contribution in [-0.4, -0.2) is 19.5 Å². The van der Waals surface area contributed by atoms with Crippen molar-refractivity contribution in [2.75, 3.05) is 13.7 Å². The molecule has 0 bridgehead atoms. The molecule has 2 nitrogen and oxygen atoms in total. The molecule has 0 aromatic carbocycles. The molecular weight excluding hydrogens is 188 g/mol. The fraction of sp³-hybridized carbons (Fsp3) is 0.923. The SMILES string of the molecule is COCCC1CCCCC1C(=O)C(C)C. The molecule has 1 fully saturated rings. The Morgan fingerprint density at radius 1 is 1.33 bits per heavy atom. The largest absolute Gasteiger partial charge is 0.385 e. The average molecular weight is 212 g/mol. The molecule has 0 radical (unpaired) electrons. The monoisotopic (exact) mass is 212 g/mol. The molecule has 1 aliphatic carbocycles. The Balaban J connectivity index is 2.53. The normalized spacial score (nSPS) is 26.9. The highest BCUT2D eigenvalue weighted by Crippen LogP contribution is 2.34. The molecule has 0 saturated heterocycles. The van der Waals surface area contributed by atoms with Crippen LogP contribution in [0.25, 0.3) is 0 Å². The zero-order chi connectivity index (χ0) is 11.3. The van der Waals surface area contributed by atoms with Gasteiger partial charge in [-0.05, 0) is 25.2 Å². The van der Waals surface area contributed by atoms with E-state index < -0.39 is 0 Å². The van der Waals surface area contributed by atoms with Crippen molar-refractivity contribution < 1.29 is 9.53 Å². The van der Waals surface area contributed by atoms with Crippen LogP contribution in [0, 0.1) is 17.8 Å². The van der Waals surface area contributed by atoms with Crippen LogP contribution in [-0.2, 0) is 9.53 Å². The van der Waals surface area contributed by atoms with Crippen molar-refractivity contribution in [3.8, 4) is 0 Å². The van der Waals surface area contributed by atoms with E-state index in [1.807, 2.05) is 13.8 Å². The van der Waals surface area contributed by atoms with Gasteiger partial charge in [-0.1, -0.05) is 26.7 Å². The maximum atomic E-state index is 12.0. The Bertz CT molecular complexity index is 199. The number of hydrogen-bond donors (Lipinski definition) is 0. The van der Waals surface area contributed by atoms with Crippen molar-refractivity contribution in [2.45, 2.75) is 46.0 Å². The van der Waals surface area contributed by atoms with E-state index in [-0.39, 0.29) is 5.92 Å². The lowest BCUT2D eigenvalue weighted by Gasteiger charge is -2.31. The van der Waals surface area contributed by atoms with Crippen LogP contribution in [0.4, 0.5) is 0 Å². The summed E-state index contributed by atoms with van der Waals surface area (Å²) in [5, 5.41) is 0. The molecule has 2 unspecified atom stereocenters. The third kappa shape index (κ3) is 3.60. The van der Waals surface area contributed by atoms with Gasteiger partial charge in [-0.15, -0.1) is 0 Å². The molecule has 0 aromatic rings. The zero-order valence-corrected chi connectivity index (χ0v) is 10.3. The van der Waals surface area contributed by atoms with E-state index in [4.69, 9.17) is 4.74 Å². The van der Waals surface area contributed by atoms with Gasteiger partial charge in [0.05, 0.1) is 0 Å². The zero-order valence-electron chi connectivity index (χ0n) is 10.3. The molecule has 15 heavy (non-hydrogen) atoms. The molecule has 0 spiro atoms. The van der Waals surface area contributed by atoms with Gasteiger partial charge in [0.15, 0.2) is 0 Å². The Morgan fingerprint density at radius 3 is 2.60 bits per heavy atom. The second kappa shape index (κ2) is 6.26. The lowest BCUT2D eigenvalue weighted by atomic mass is 9.73. The summed E-state index contributed by atoms with van der Waals surface area (Å²) in [5.41, 5.74) is 0. The lowest BCUT2D eigenvalue weighted by Crippen LogP contribution is -2.30. The van der Waals surface area contributed by atoms with Gasteiger partial charge in [0.2, 0.25) is 0 Å². The molecule has 2 heteroatoms. The number of ketones is 1. The summed E-state index contributed by atoms with van der Waals surface area (Å²) < 4.78 is 5.12. The predicted molar refractivity (Wildman–Crippen MR) is 61.8 cm³/mol. The molecule has 0 aliphatic heterocycles. The summed E-state index contributed by atoms with van der Waals surface area (Å²) in [6, 6.07) is 0. The lowest BCUT2D eigenvalue weighted by molar-refractivity contribution is -0.128. The van der Waals surface area contributed by atoms with E-state index in [0.29, 0.717) is 17.6 Å². The molecule has 1 aliphatic rings. The van der Waals surface area contributed by atoms with E-state index in [2.05, 4.69) is 0 Å². The van der Waals surface area contributed by atoms with Crippen LogP contribution in [0.3, 0.4) is 0 Å². The van der Waals surface area contributed by atoms with Crippen molar-refractivity contribution in [2.24, 2.45) is 17.8 Å². The Hall–Kier alpha value is -0.370. The van der Waals surface area contributed by atoms with Gasteiger partial charge in [-0.25, -0.2) is 0 Å². The van der Waals surface area contributed by atoms with Crippen LogP contribution in [0.15, 0.2) is 0 Å². The number of Topliss-reactive ketones (excluding diaryl/α,β-unsaturated/α-hetero) is 1. The molecule has 1 rings (SSSR count). The fourth-order valence-corrected chi connectivity index (χ4v) is 2.63. The maximum Gasteiger partial charge on any atom is 0.138 e. The third-order valence-corrected chi connectivity index (χ3v) is 3.54. The molecule has 88 valence electrons. The quantitative estimate of drug-likeness (QED) is 0.700. The minimum atomic E-state index is 0.193. The second-order valence-corrected chi connectivity index (χ2v) is 4.99. The van der Waals surface area contributed by atoms with Crippen molar-refractivity contribution in [3.63, 3.8) is 0 Å². The van der Waals surface area contributed by atoms with Crippen molar-refractivity contribution in [1.82, 2.24) is 0 Å². The highest BCUT2D eigenvalue weighted by molar-refractivity contribution is 5.83.